The van der Waals surface area contributed by atoms with E-state index in [0.29, 0.717) is 11.3 Å². The average molecular weight is 377 g/mol. The van der Waals surface area contributed by atoms with Crippen LogP contribution in [0.3, 0.4) is 0 Å². The van der Waals surface area contributed by atoms with Crippen LogP contribution in [0.4, 0.5) is 4.39 Å². The number of aryl methyl sites for hydroxylation is 1. The van der Waals surface area contributed by atoms with E-state index >= 15 is 0 Å². The first-order valence-electron chi connectivity index (χ1n) is 6.59. The third-order valence-corrected chi connectivity index (χ3v) is 4.14. The molecule has 3 rings (SSSR count). The summed E-state index contributed by atoms with van der Waals surface area (Å²) in [6.07, 6.45) is 0. The fraction of sp³-hybridized carbons (Fsp3) is 0.125. The predicted molar refractivity (Wildman–Crippen MR) is 83.1 cm³/mol. The standard InChI is InChI=1S/C16H10BrFN2O3/c1-7-4-12-14(16(21)22-7)13(9(6-19)15(20)23-12)8-2-3-11(18)10(17)5-8/h2-5,13H,20H2,1H3. The fourth-order valence-electron chi connectivity index (χ4n) is 2.54. The Morgan fingerprint density at radius 3 is 2.78 bits per heavy atom. The lowest BCUT2D eigenvalue weighted by Crippen LogP contribution is -2.26. The number of fused-ring (bicyclic) bond motifs is 1. The van der Waals surface area contributed by atoms with Crippen molar-refractivity contribution < 1.29 is 13.5 Å². The number of nitrogens with zero attached hydrogens (tertiary/aromatic N) is 1. The van der Waals surface area contributed by atoms with Crippen molar-refractivity contribution >= 4 is 15.9 Å². The number of hydrogen-bond acceptors (Lipinski definition) is 5. The van der Waals surface area contributed by atoms with Gasteiger partial charge in [-0.1, -0.05) is 6.07 Å². The highest BCUT2D eigenvalue weighted by Crippen LogP contribution is 2.41. The van der Waals surface area contributed by atoms with Gasteiger partial charge in [-0.05, 0) is 40.5 Å². The van der Waals surface area contributed by atoms with Gasteiger partial charge >= 0.3 is 5.63 Å². The molecule has 0 radical (unpaired) electrons. The maximum absolute atomic E-state index is 13.5. The summed E-state index contributed by atoms with van der Waals surface area (Å²) >= 11 is 3.10. The molecule has 1 unspecified atom stereocenters. The summed E-state index contributed by atoms with van der Waals surface area (Å²) in [4.78, 5) is 12.3. The Morgan fingerprint density at radius 1 is 1.39 bits per heavy atom. The van der Waals surface area contributed by atoms with E-state index in [9.17, 15) is 14.4 Å². The Bertz CT molecular complexity index is 943. The van der Waals surface area contributed by atoms with Crippen LogP contribution in [0, 0.1) is 24.1 Å². The molecule has 0 amide bonds. The zero-order valence-corrected chi connectivity index (χ0v) is 13.5. The van der Waals surface area contributed by atoms with E-state index in [2.05, 4.69) is 15.9 Å². The minimum Gasteiger partial charge on any atom is -0.440 e. The van der Waals surface area contributed by atoms with Crippen LogP contribution in [0.2, 0.25) is 0 Å². The van der Waals surface area contributed by atoms with Crippen LogP contribution in [0.25, 0.3) is 0 Å². The first-order valence-corrected chi connectivity index (χ1v) is 7.39. The van der Waals surface area contributed by atoms with Crippen molar-refractivity contribution in [1.82, 2.24) is 0 Å². The largest absolute Gasteiger partial charge is 0.440 e. The quantitative estimate of drug-likeness (QED) is 0.825. The molecule has 0 saturated carbocycles. The number of hydrogen-bond donors (Lipinski definition) is 1. The van der Waals surface area contributed by atoms with Gasteiger partial charge in [-0.2, -0.15) is 5.26 Å². The summed E-state index contributed by atoms with van der Waals surface area (Å²) in [5, 5.41) is 9.40. The van der Waals surface area contributed by atoms with Crippen LogP contribution < -0.4 is 16.1 Å². The molecule has 5 nitrogen and oxygen atoms in total. The van der Waals surface area contributed by atoms with Gasteiger partial charge in [-0.3, -0.25) is 0 Å². The lowest BCUT2D eigenvalue weighted by Gasteiger charge is -2.25. The Morgan fingerprint density at radius 2 is 2.13 bits per heavy atom. The average Bonchev–Trinajstić information content (AvgIpc) is 2.48. The van der Waals surface area contributed by atoms with Gasteiger partial charge < -0.3 is 14.9 Å². The number of halogens is 2. The van der Waals surface area contributed by atoms with Crippen LogP contribution >= 0.6 is 15.9 Å². The van der Waals surface area contributed by atoms with Crippen LogP contribution in [-0.2, 0) is 0 Å². The minimum atomic E-state index is -0.780. The fourth-order valence-corrected chi connectivity index (χ4v) is 2.94. The lowest BCUT2D eigenvalue weighted by molar-refractivity contribution is 0.371. The van der Waals surface area contributed by atoms with E-state index in [4.69, 9.17) is 14.9 Å². The van der Waals surface area contributed by atoms with Gasteiger partial charge in [0.1, 0.15) is 29.0 Å². The van der Waals surface area contributed by atoms with Gasteiger partial charge in [-0.25, -0.2) is 9.18 Å². The van der Waals surface area contributed by atoms with Crippen LogP contribution in [0.15, 0.2) is 49.4 Å². The molecule has 0 fully saturated rings. The molecule has 2 N–H and O–H groups in total. The smallest absolute Gasteiger partial charge is 0.343 e. The molecule has 1 aliphatic heterocycles. The molecule has 0 bridgehead atoms. The van der Waals surface area contributed by atoms with E-state index < -0.39 is 17.4 Å². The molecule has 1 aromatic heterocycles. The maximum Gasteiger partial charge on any atom is 0.343 e. The van der Waals surface area contributed by atoms with E-state index in [1.807, 2.05) is 6.07 Å². The molecular weight excluding hydrogens is 367 g/mol. The summed E-state index contributed by atoms with van der Waals surface area (Å²) in [7, 11) is 0. The van der Waals surface area contributed by atoms with Crippen molar-refractivity contribution in [2.45, 2.75) is 12.8 Å². The first-order chi connectivity index (χ1) is 10.9. The van der Waals surface area contributed by atoms with Gasteiger partial charge in [0.25, 0.3) is 0 Å². The summed E-state index contributed by atoms with van der Waals surface area (Å²) < 4.78 is 24.2. The summed E-state index contributed by atoms with van der Waals surface area (Å²) in [6.45, 7) is 1.61. The van der Waals surface area contributed by atoms with Crippen molar-refractivity contribution in [3.05, 3.63) is 73.3 Å². The van der Waals surface area contributed by atoms with Crippen molar-refractivity contribution in [2.24, 2.45) is 5.73 Å². The molecule has 2 aromatic rings. The van der Waals surface area contributed by atoms with Gasteiger partial charge in [-0.15, -0.1) is 0 Å². The molecule has 2 heterocycles. The number of benzene rings is 1. The highest BCUT2D eigenvalue weighted by atomic mass is 79.9. The number of ether oxygens (including phenoxy) is 1. The van der Waals surface area contributed by atoms with E-state index in [-0.39, 0.29) is 27.2 Å². The molecule has 116 valence electrons. The first kappa shape index (κ1) is 15.3. The third kappa shape index (κ3) is 2.51. The van der Waals surface area contributed by atoms with Crippen molar-refractivity contribution in [3.63, 3.8) is 0 Å². The highest BCUT2D eigenvalue weighted by Gasteiger charge is 2.34. The molecule has 1 aliphatic rings. The van der Waals surface area contributed by atoms with E-state index in [0.717, 1.165) is 0 Å². The monoisotopic (exact) mass is 376 g/mol. The molecule has 1 atom stereocenters. The van der Waals surface area contributed by atoms with Gasteiger partial charge in [0.05, 0.1) is 16.0 Å². The predicted octanol–water partition coefficient (Wildman–Crippen LogP) is 3.07. The second-order valence-corrected chi connectivity index (χ2v) is 5.88. The Kier molecular flexibility index (Phi) is 3.70. The van der Waals surface area contributed by atoms with E-state index in [1.54, 1.807) is 6.92 Å². The van der Waals surface area contributed by atoms with Crippen molar-refractivity contribution in [1.29, 1.82) is 5.26 Å². The summed E-state index contributed by atoms with van der Waals surface area (Å²) in [6, 6.07) is 7.72. The lowest BCUT2D eigenvalue weighted by atomic mass is 9.84. The zero-order valence-electron chi connectivity index (χ0n) is 11.9. The molecule has 23 heavy (non-hydrogen) atoms. The normalized spacial score (nSPS) is 16.5. The number of rotatable bonds is 1. The van der Waals surface area contributed by atoms with Crippen LogP contribution in [-0.4, -0.2) is 0 Å². The second-order valence-electron chi connectivity index (χ2n) is 5.02. The third-order valence-electron chi connectivity index (χ3n) is 3.53. The molecular formula is C16H10BrFN2O3. The van der Waals surface area contributed by atoms with Gasteiger partial charge in [0.2, 0.25) is 5.88 Å². The number of nitrogens with two attached hydrogens (primary N) is 1. The second kappa shape index (κ2) is 5.56. The number of allylic oxidation sites excluding steroid dienone is 1. The van der Waals surface area contributed by atoms with Crippen LogP contribution in [0.1, 0.15) is 22.8 Å². The Balaban J connectivity index is 2.31. The summed E-state index contributed by atoms with van der Waals surface area (Å²) in [5.41, 5.74) is 5.97. The molecule has 0 aliphatic carbocycles. The Hall–Kier alpha value is -2.59. The van der Waals surface area contributed by atoms with Gasteiger partial charge in [0, 0.05) is 6.07 Å². The molecule has 0 saturated heterocycles. The SMILES string of the molecule is Cc1cc2c(c(=O)o1)C(c1ccc(F)c(Br)c1)C(C#N)=C(N)O2. The van der Waals surface area contributed by atoms with Crippen LogP contribution in [0.5, 0.6) is 5.75 Å². The van der Waals surface area contributed by atoms with E-state index in [1.165, 1.54) is 24.3 Å². The molecule has 7 heteroatoms. The minimum absolute atomic E-state index is 0.0761. The van der Waals surface area contributed by atoms with Gasteiger partial charge in [0.15, 0.2) is 0 Å². The Labute approximate surface area is 138 Å². The number of nitriles is 1. The molecule has 1 aromatic carbocycles. The zero-order chi connectivity index (χ0) is 16.7. The maximum atomic E-state index is 13.5. The molecule has 0 spiro atoms. The summed E-state index contributed by atoms with van der Waals surface area (Å²) in [5.74, 6) is -0.720. The van der Waals surface area contributed by atoms with Crippen molar-refractivity contribution in [3.8, 4) is 11.8 Å². The topological polar surface area (TPSA) is 89.2 Å². The van der Waals surface area contributed by atoms with Crippen molar-refractivity contribution in [2.75, 3.05) is 0 Å². The highest BCUT2D eigenvalue weighted by molar-refractivity contribution is 9.10.